The summed E-state index contributed by atoms with van der Waals surface area (Å²) in [6.45, 7) is 9.39. The fourth-order valence-electron chi connectivity index (χ4n) is 3.97. The molecule has 2 saturated heterocycles. The average Bonchev–Trinajstić information content (AvgIpc) is 2.60. The Morgan fingerprint density at radius 2 is 1.56 bits per heavy atom. The van der Waals surface area contributed by atoms with Crippen LogP contribution in [-0.2, 0) is 20.0 Å². The third-order valence-electron chi connectivity index (χ3n) is 5.46. The van der Waals surface area contributed by atoms with Crippen molar-refractivity contribution in [3.8, 4) is 0 Å². The van der Waals surface area contributed by atoms with Crippen LogP contribution in [-0.4, -0.2) is 71.1 Å². The van der Waals surface area contributed by atoms with Gasteiger partial charge in [0.15, 0.2) is 0 Å². The van der Waals surface area contributed by atoms with Crippen LogP contribution in [0.25, 0.3) is 0 Å². The molecular weight excluding hydrogens is 386 g/mol. The van der Waals surface area contributed by atoms with Crippen molar-refractivity contribution in [2.24, 2.45) is 0 Å². The van der Waals surface area contributed by atoms with Crippen molar-refractivity contribution >= 4 is 25.7 Å². The number of piperazine rings is 1. The molecule has 2 fully saturated rings. The van der Waals surface area contributed by atoms with Crippen molar-refractivity contribution < 1.29 is 16.8 Å². The van der Waals surface area contributed by atoms with E-state index in [9.17, 15) is 16.8 Å². The molecule has 2 heterocycles. The van der Waals surface area contributed by atoms with E-state index in [1.165, 1.54) is 4.31 Å². The molecule has 2 aliphatic heterocycles. The van der Waals surface area contributed by atoms with Crippen LogP contribution in [0.2, 0.25) is 0 Å². The number of sulfonamides is 2. The van der Waals surface area contributed by atoms with Crippen molar-refractivity contribution in [3.05, 3.63) is 23.3 Å². The first-order valence-electron chi connectivity index (χ1n) is 9.51. The van der Waals surface area contributed by atoms with Crippen molar-refractivity contribution in [1.82, 2.24) is 9.21 Å². The Bertz CT molecular complexity index is 882. The molecule has 0 bridgehead atoms. The Kier molecular flexibility index (Phi) is 5.86. The lowest BCUT2D eigenvalue weighted by Gasteiger charge is -2.34. The molecule has 152 valence electrons. The zero-order valence-electron chi connectivity index (χ0n) is 16.3. The van der Waals surface area contributed by atoms with Crippen LogP contribution >= 0.6 is 0 Å². The minimum absolute atomic E-state index is 0.146. The number of rotatable bonds is 4. The van der Waals surface area contributed by atoms with Gasteiger partial charge in [0, 0.05) is 32.7 Å². The van der Waals surface area contributed by atoms with E-state index in [-0.39, 0.29) is 5.75 Å². The monoisotopic (exact) mass is 415 g/mol. The molecule has 7 nitrogen and oxygen atoms in total. The number of benzene rings is 1. The van der Waals surface area contributed by atoms with Crippen LogP contribution in [0.4, 0.5) is 5.69 Å². The Hall–Kier alpha value is -1.16. The number of likely N-dealkylation sites (N-methyl/N-ethyl adjacent to an activating group) is 1. The molecule has 1 aromatic rings. The molecule has 0 spiro atoms. The van der Waals surface area contributed by atoms with Gasteiger partial charge in [0.25, 0.3) is 0 Å². The quantitative estimate of drug-likeness (QED) is 0.746. The summed E-state index contributed by atoms with van der Waals surface area (Å²) in [5, 5.41) is 0. The van der Waals surface area contributed by atoms with Gasteiger partial charge in [-0.25, -0.2) is 16.8 Å². The Labute approximate surface area is 163 Å². The van der Waals surface area contributed by atoms with Crippen LogP contribution in [0.1, 0.15) is 30.9 Å². The van der Waals surface area contributed by atoms with E-state index in [1.807, 2.05) is 0 Å². The van der Waals surface area contributed by atoms with Crippen molar-refractivity contribution in [3.63, 3.8) is 0 Å². The van der Waals surface area contributed by atoms with Gasteiger partial charge in [0.05, 0.1) is 16.3 Å². The lowest BCUT2D eigenvalue weighted by Crippen LogP contribution is -2.48. The van der Waals surface area contributed by atoms with Gasteiger partial charge in [-0.1, -0.05) is 6.92 Å². The molecule has 0 aromatic heterocycles. The first-order valence-corrected chi connectivity index (χ1v) is 12.6. The van der Waals surface area contributed by atoms with Crippen LogP contribution in [0.15, 0.2) is 17.0 Å². The SMILES string of the molecule is CCN1CCN(S(=O)(=O)c2c(C)cc(N3CCCCS3(=O)=O)cc2C)CC1. The summed E-state index contributed by atoms with van der Waals surface area (Å²) >= 11 is 0. The summed E-state index contributed by atoms with van der Waals surface area (Å²) in [5.74, 6) is 0.146. The van der Waals surface area contributed by atoms with Gasteiger partial charge in [0.2, 0.25) is 20.0 Å². The summed E-state index contributed by atoms with van der Waals surface area (Å²) in [6, 6.07) is 3.40. The molecule has 2 aliphatic rings. The highest BCUT2D eigenvalue weighted by molar-refractivity contribution is 7.92. The van der Waals surface area contributed by atoms with Crippen molar-refractivity contribution in [1.29, 1.82) is 0 Å². The standard InChI is InChI=1S/C18H29N3O4S2/c1-4-19-8-10-20(11-9-19)27(24,25)18-15(2)13-17(14-16(18)3)21-7-5-6-12-26(21,22)23/h13-14H,4-12H2,1-3H3. The smallest absolute Gasteiger partial charge is 0.243 e. The van der Waals surface area contributed by atoms with E-state index in [2.05, 4.69) is 11.8 Å². The minimum atomic E-state index is -3.59. The van der Waals surface area contributed by atoms with E-state index in [4.69, 9.17) is 0 Å². The van der Waals surface area contributed by atoms with Crippen LogP contribution < -0.4 is 4.31 Å². The maximum Gasteiger partial charge on any atom is 0.243 e. The zero-order chi connectivity index (χ0) is 19.8. The van der Waals surface area contributed by atoms with Gasteiger partial charge >= 0.3 is 0 Å². The van der Waals surface area contributed by atoms with E-state index in [0.717, 1.165) is 26.1 Å². The predicted molar refractivity (Wildman–Crippen MR) is 107 cm³/mol. The van der Waals surface area contributed by atoms with E-state index >= 15 is 0 Å². The second-order valence-corrected chi connectivity index (χ2v) is 11.2. The fourth-order valence-corrected chi connectivity index (χ4v) is 7.43. The fraction of sp³-hybridized carbons (Fsp3) is 0.667. The van der Waals surface area contributed by atoms with E-state index in [0.29, 0.717) is 47.8 Å². The molecule has 0 unspecified atom stereocenters. The second kappa shape index (κ2) is 7.69. The Morgan fingerprint density at radius 3 is 2.07 bits per heavy atom. The summed E-state index contributed by atoms with van der Waals surface area (Å²) in [4.78, 5) is 2.54. The lowest BCUT2D eigenvalue weighted by molar-refractivity contribution is 0.196. The van der Waals surface area contributed by atoms with Crippen LogP contribution in [0, 0.1) is 13.8 Å². The number of aryl methyl sites for hydroxylation is 2. The molecule has 0 amide bonds. The van der Waals surface area contributed by atoms with Gasteiger partial charge in [0.1, 0.15) is 0 Å². The van der Waals surface area contributed by atoms with E-state index in [1.54, 1.807) is 30.3 Å². The third kappa shape index (κ3) is 4.01. The molecule has 0 radical (unpaired) electrons. The first kappa shape index (κ1) is 20.6. The summed E-state index contributed by atoms with van der Waals surface area (Å²) in [6.07, 6.45) is 1.49. The van der Waals surface area contributed by atoms with Crippen LogP contribution in [0.5, 0.6) is 0 Å². The number of hydrogen-bond donors (Lipinski definition) is 0. The molecule has 0 saturated carbocycles. The Morgan fingerprint density at radius 1 is 0.963 bits per heavy atom. The molecule has 9 heteroatoms. The summed E-state index contributed by atoms with van der Waals surface area (Å²) in [7, 11) is -6.91. The molecule has 27 heavy (non-hydrogen) atoms. The van der Waals surface area contributed by atoms with Gasteiger partial charge in [-0.15, -0.1) is 0 Å². The zero-order valence-corrected chi connectivity index (χ0v) is 17.9. The highest BCUT2D eigenvalue weighted by Gasteiger charge is 2.32. The van der Waals surface area contributed by atoms with Gasteiger partial charge in [-0.05, 0) is 56.5 Å². The molecule has 0 atom stereocenters. The highest BCUT2D eigenvalue weighted by atomic mass is 32.2. The molecule has 1 aromatic carbocycles. The third-order valence-corrected chi connectivity index (χ3v) is 9.53. The second-order valence-electron chi connectivity index (χ2n) is 7.34. The normalized spacial score (nSPS) is 22.1. The Balaban J connectivity index is 1.93. The first-order chi connectivity index (χ1) is 12.7. The molecule has 0 aliphatic carbocycles. The maximum absolute atomic E-state index is 13.2. The number of anilines is 1. The topological polar surface area (TPSA) is 78.0 Å². The van der Waals surface area contributed by atoms with Crippen LogP contribution in [0.3, 0.4) is 0 Å². The molecule has 3 rings (SSSR count). The van der Waals surface area contributed by atoms with Crippen molar-refractivity contribution in [2.45, 2.75) is 38.5 Å². The largest absolute Gasteiger partial charge is 0.301 e. The van der Waals surface area contributed by atoms with Crippen molar-refractivity contribution in [2.75, 3.05) is 49.3 Å². The predicted octanol–water partition coefficient (Wildman–Crippen LogP) is 1.56. The maximum atomic E-state index is 13.2. The number of hydrogen-bond acceptors (Lipinski definition) is 5. The highest BCUT2D eigenvalue weighted by Crippen LogP contribution is 2.32. The summed E-state index contributed by atoms with van der Waals surface area (Å²) < 4.78 is 54.2. The molecular formula is C18H29N3O4S2. The van der Waals surface area contributed by atoms with Gasteiger partial charge in [-0.3, -0.25) is 4.31 Å². The lowest BCUT2D eigenvalue weighted by atomic mass is 10.1. The minimum Gasteiger partial charge on any atom is -0.301 e. The van der Waals surface area contributed by atoms with Gasteiger partial charge < -0.3 is 4.90 Å². The number of nitrogens with zero attached hydrogens (tertiary/aromatic N) is 3. The van der Waals surface area contributed by atoms with E-state index < -0.39 is 20.0 Å². The average molecular weight is 416 g/mol. The molecule has 0 N–H and O–H groups in total. The summed E-state index contributed by atoms with van der Waals surface area (Å²) in [5.41, 5.74) is 1.77. The van der Waals surface area contributed by atoms with Gasteiger partial charge in [-0.2, -0.15) is 4.31 Å².